The molecule has 1 N–H and O–H groups in total. The molecule has 3 aromatic rings. The van der Waals surface area contributed by atoms with Crippen LogP contribution < -0.4 is 5.32 Å². The van der Waals surface area contributed by atoms with Crippen LogP contribution in [-0.4, -0.2) is 20.5 Å². The molecule has 30 heavy (non-hydrogen) atoms. The van der Waals surface area contributed by atoms with E-state index in [2.05, 4.69) is 24.4 Å². The quantitative estimate of drug-likeness (QED) is 0.543. The number of ketones is 1. The normalized spacial score (nSPS) is 18.1. The molecule has 1 aliphatic carbocycles. The summed E-state index contributed by atoms with van der Waals surface area (Å²) >= 11 is 7.84. The van der Waals surface area contributed by atoms with E-state index in [0.29, 0.717) is 23.3 Å². The molecule has 1 aromatic heterocycles. The number of hydrogen-bond acceptors (Lipinski definition) is 5. The lowest BCUT2D eigenvalue weighted by atomic mass is 9.84. The summed E-state index contributed by atoms with van der Waals surface area (Å²) in [4.78, 5) is 17.6. The van der Waals surface area contributed by atoms with Gasteiger partial charge in [0.1, 0.15) is 6.04 Å². The number of thioether (sulfide) groups is 1. The fourth-order valence-electron chi connectivity index (χ4n) is 4.14. The number of nitrogens with zero attached hydrogens (tertiary/aromatic N) is 3. The van der Waals surface area contributed by atoms with Crippen molar-refractivity contribution in [2.75, 3.05) is 5.32 Å². The van der Waals surface area contributed by atoms with Crippen LogP contribution in [0.4, 0.5) is 5.95 Å². The fraction of sp³-hybridized carbons (Fsp3) is 0.261. The second kappa shape index (κ2) is 7.93. The van der Waals surface area contributed by atoms with E-state index < -0.39 is 0 Å². The first-order valence-corrected chi connectivity index (χ1v) is 11.4. The standard InChI is InChI=1S/C23H21ClN4OS/c1-14-7-2-4-9-16(14)21-20-18(11-6-12-19(20)29)25-22-26-23(27-28(21)22)30-13-15-8-3-5-10-17(15)24/h2-5,7-10,21H,6,11-13H2,1H3,(H,25,26,27)/t21-/m0/s1. The molecule has 0 unspecified atom stereocenters. The predicted molar refractivity (Wildman–Crippen MR) is 120 cm³/mol. The molecular formula is C23H21ClN4OS. The van der Waals surface area contributed by atoms with Crippen molar-refractivity contribution in [3.8, 4) is 0 Å². The van der Waals surface area contributed by atoms with E-state index in [1.165, 1.54) is 0 Å². The molecule has 0 bridgehead atoms. The molecule has 2 aliphatic rings. The zero-order valence-electron chi connectivity index (χ0n) is 16.6. The maximum absolute atomic E-state index is 12.9. The van der Waals surface area contributed by atoms with E-state index in [4.69, 9.17) is 21.7 Å². The summed E-state index contributed by atoms with van der Waals surface area (Å²) in [5.74, 6) is 1.58. The van der Waals surface area contributed by atoms with Gasteiger partial charge in [0.2, 0.25) is 11.1 Å². The zero-order chi connectivity index (χ0) is 20.7. The summed E-state index contributed by atoms with van der Waals surface area (Å²) in [6.45, 7) is 2.08. The molecule has 0 saturated carbocycles. The Bertz CT molecular complexity index is 1170. The van der Waals surface area contributed by atoms with Gasteiger partial charge in [0.25, 0.3) is 0 Å². The summed E-state index contributed by atoms with van der Waals surface area (Å²) in [6.07, 6.45) is 2.31. The van der Waals surface area contributed by atoms with Gasteiger partial charge in [-0.15, -0.1) is 5.10 Å². The first-order valence-electron chi connectivity index (χ1n) is 10.0. The Hall–Kier alpha value is -2.57. The van der Waals surface area contributed by atoms with E-state index in [0.717, 1.165) is 45.8 Å². The summed E-state index contributed by atoms with van der Waals surface area (Å²) in [6, 6.07) is 15.8. The highest BCUT2D eigenvalue weighted by Gasteiger charge is 2.37. The number of anilines is 1. The van der Waals surface area contributed by atoms with Crippen LogP contribution in [0.5, 0.6) is 0 Å². The lowest BCUT2D eigenvalue weighted by Gasteiger charge is -2.32. The van der Waals surface area contributed by atoms with Crippen LogP contribution in [0.1, 0.15) is 42.0 Å². The van der Waals surface area contributed by atoms with E-state index >= 15 is 0 Å². The van der Waals surface area contributed by atoms with Crippen LogP contribution >= 0.6 is 23.4 Å². The van der Waals surface area contributed by atoms with Crippen molar-refractivity contribution < 1.29 is 4.79 Å². The van der Waals surface area contributed by atoms with Gasteiger partial charge >= 0.3 is 0 Å². The third-order valence-electron chi connectivity index (χ3n) is 5.65. The minimum Gasteiger partial charge on any atom is -0.328 e. The van der Waals surface area contributed by atoms with Crippen LogP contribution in [-0.2, 0) is 10.5 Å². The molecule has 5 rings (SSSR count). The molecule has 7 heteroatoms. The van der Waals surface area contributed by atoms with Crippen molar-refractivity contribution in [3.63, 3.8) is 0 Å². The fourth-order valence-corrected chi connectivity index (χ4v) is 5.25. The number of carbonyl (C=O) groups excluding carboxylic acids is 1. The minimum atomic E-state index is -0.243. The summed E-state index contributed by atoms with van der Waals surface area (Å²) < 4.78 is 1.87. The molecule has 0 radical (unpaired) electrons. The second-order valence-electron chi connectivity index (χ2n) is 7.60. The second-order valence-corrected chi connectivity index (χ2v) is 8.95. The maximum Gasteiger partial charge on any atom is 0.227 e. The highest BCUT2D eigenvalue weighted by Crippen LogP contribution is 2.41. The number of aryl methyl sites for hydroxylation is 1. The minimum absolute atomic E-state index is 0.198. The molecule has 1 atom stereocenters. The number of hydrogen-bond donors (Lipinski definition) is 1. The third kappa shape index (κ3) is 3.44. The number of Topliss-reactive ketones (excluding diaryl/α,β-unsaturated/α-hetero) is 1. The van der Waals surface area contributed by atoms with Crippen LogP contribution in [0.15, 0.2) is 65.0 Å². The molecule has 2 aromatic carbocycles. The van der Waals surface area contributed by atoms with Gasteiger partial charge in [0, 0.05) is 28.5 Å². The zero-order valence-corrected chi connectivity index (χ0v) is 18.1. The Morgan fingerprint density at radius 1 is 1.17 bits per heavy atom. The van der Waals surface area contributed by atoms with Gasteiger partial charge in [-0.1, -0.05) is 65.8 Å². The number of aromatic nitrogens is 3. The highest BCUT2D eigenvalue weighted by atomic mass is 35.5. The molecule has 0 amide bonds. The Balaban J connectivity index is 1.53. The molecule has 1 aliphatic heterocycles. The van der Waals surface area contributed by atoms with E-state index in [1.807, 2.05) is 41.1 Å². The average molecular weight is 437 g/mol. The summed E-state index contributed by atoms with van der Waals surface area (Å²) in [5, 5.41) is 9.60. The Labute approximate surface area is 184 Å². The molecular weight excluding hydrogens is 416 g/mol. The number of nitrogens with one attached hydrogen (secondary N) is 1. The van der Waals surface area contributed by atoms with E-state index in [1.54, 1.807) is 11.8 Å². The number of fused-ring (bicyclic) bond motifs is 1. The van der Waals surface area contributed by atoms with E-state index in [9.17, 15) is 4.79 Å². The largest absolute Gasteiger partial charge is 0.328 e. The van der Waals surface area contributed by atoms with Crippen molar-refractivity contribution in [1.29, 1.82) is 0 Å². The van der Waals surface area contributed by atoms with Gasteiger partial charge in [-0.25, -0.2) is 4.68 Å². The third-order valence-corrected chi connectivity index (χ3v) is 6.90. The number of carbonyl (C=O) groups is 1. The lowest BCUT2D eigenvalue weighted by Crippen LogP contribution is -2.31. The van der Waals surface area contributed by atoms with Gasteiger partial charge in [0.05, 0.1) is 0 Å². The van der Waals surface area contributed by atoms with Crippen molar-refractivity contribution in [2.45, 2.75) is 43.1 Å². The Morgan fingerprint density at radius 2 is 1.97 bits per heavy atom. The first-order chi connectivity index (χ1) is 14.6. The molecule has 152 valence electrons. The van der Waals surface area contributed by atoms with Gasteiger partial charge in [0.15, 0.2) is 5.78 Å². The molecule has 0 saturated heterocycles. The lowest BCUT2D eigenvalue weighted by molar-refractivity contribution is -0.116. The highest BCUT2D eigenvalue weighted by molar-refractivity contribution is 7.98. The maximum atomic E-state index is 12.9. The van der Waals surface area contributed by atoms with Gasteiger partial charge in [-0.05, 0) is 42.5 Å². The molecule has 5 nitrogen and oxygen atoms in total. The number of benzene rings is 2. The molecule has 2 heterocycles. The number of halogens is 1. The topological polar surface area (TPSA) is 59.8 Å². The van der Waals surface area contributed by atoms with Crippen LogP contribution in [0.2, 0.25) is 5.02 Å². The number of rotatable bonds is 4. The van der Waals surface area contributed by atoms with Crippen molar-refractivity contribution in [3.05, 3.63) is 81.5 Å². The van der Waals surface area contributed by atoms with Crippen molar-refractivity contribution in [2.24, 2.45) is 0 Å². The van der Waals surface area contributed by atoms with Gasteiger partial charge < -0.3 is 5.32 Å². The van der Waals surface area contributed by atoms with Crippen molar-refractivity contribution in [1.82, 2.24) is 14.8 Å². The molecule has 0 fully saturated rings. The smallest absolute Gasteiger partial charge is 0.227 e. The summed E-state index contributed by atoms with van der Waals surface area (Å²) in [5.41, 5.74) is 5.10. The summed E-state index contributed by atoms with van der Waals surface area (Å²) in [7, 11) is 0. The van der Waals surface area contributed by atoms with E-state index in [-0.39, 0.29) is 11.8 Å². The predicted octanol–water partition coefficient (Wildman–Crippen LogP) is 5.55. The number of allylic oxidation sites excluding steroid dienone is 2. The molecule has 0 spiro atoms. The van der Waals surface area contributed by atoms with Gasteiger partial charge in [-0.3, -0.25) is 4.79 Å². The first kappa shape index (κ1) is 19.4. The van der Waals surface area contributed by atoms with Crippen molar-refractivity contribution >= 4 is 35.1 Å². The SMILES string of the molecule is Cc1ccccc1[C@H]1C2=C(CCCC2=O)Nc2nc(SCc3ccccc3Cl)nn21. The monoisotopic (exact) mass is 436 g/mol. The van der Waals surface area contributed by atoms with Crippen LogP contribution in [0, 0.1) is 6.92 Å². The van der Waals surface area contributed by atoms with Crippen LogP contribution in [0.3, 0.4) is 0 Å². The van der Waals surface area contributed by atoms with Crippen LogP contribution in [0.25, 0.3) is 0 Å². The average Bonchev–Trinajstić information content (AvgIpc) is 3.15. The Kier molecular flexibility index (Phi) is 5.13. The van der Waals surface area contributed by atoms with Gasteiger partial charge in [-0.2, -0.15) is 4.98 Å². The Morgan fingerprint density at radius 3 is 2.80 bits per heavy atom.